The zero-order valence-electron chi connectivity index (χ0n) is 19.2. The summed E-state index contributed by atoms with van der Waals surface area (Å²) in [6, 6.07) is 12.0. The smallest absolute Gasteiger partial charge is 0.412 e. The fourth-order valence-corrected chi connectivity index (χ4v) is 2.79. The molecule has 0 saturated carbocycles. The van der Waals surface area contributed by atoms with Gasteiger partial charge in [0.1, 0.15) is 5.60 Å². The highest BCUT2D eigenvalue weighted by Crippen LogP contribution is 2.31. The third-order valence-corrected chi connectivity index (χ3v) is 4.19. The van der Waals surface area contributed by atoms with Crippen LogP contribution in [0.3, 0.4) is 0 Å². The second-order valence-electron chi connectivity index (χ2n) is 8.48. The average Bonchev–Trinajstić information content (AvgIpc) is 2.66. The summed E-state index contributed by atoms with van der Waals surface area (Å²) < 4.78 is 16.4. The largest absolute Gasteiger partial charge is 0.493 e. The van der Waals surface area contributed by atoms with Crippen LogP contribution >= 0.6 is 0 Å². The van der Waals surface area contributed by atoms with E-state index in [0.717, 1.165) is 5.56 Å². The molecule has 0 aliphatic carbocycles. The van der Waals surface area contributed by atoms with E-state index >= 15 is 0 Å². The lowest BCUT2D eigenvalue weighted by Gasteiger charge is -2.20. The van der Waals surface area contributed by atoms with E-state index in [1.54, 1.807) is 52.1 Å². The molecule has 0 aliphatic rings. The molecule has 0 spiro atoms. The Hall–Kier alpha value is -3.22. The topological polar surface area (TPSA) is 85.9 Å². The van der Waals surface area contributed by atoms with E-state index in [9.17, 15) is 9.59 Å². The van der Waals surface area contributed by atoms with Crippen LogP contribution in [0.15, 0.2) is 42.5 Å². The number of hydrogen-bond donors (Lipinski definition) is 2. The number of rotatable bonds is 7. The molecule has 0 saturated heterocycles. The molecular weight excluding hydrogens is 396 g/mol. The SMILES string of the molecule is COc1cc(C(C)NC(=O)c2ccc(NC(=O)OC(C)(C)C)cc2)ccc1OC(C)C. The number of benzene rings is 2. The molecule has 2 aromatic rings. The highest BCUT2D eigenvalue weighted by Gasteiger charge is 2.17. The minimum Gasteiger partial charge on any atom is -0.493 e. The van der Waals surface area contributed by atoms with E-state index in [2.05, 4.69) is 10.6 Å². The van der Waals surface area contributed by atoms with E-state index in [-0.39, 0.29) is 18.1 Å². The molecule has 0 bridgehead atoms. The maximum atomic E-state index is 12.6. The summed E-state index contributed by atoms with van der Waals surface area (Å²) >= 11 is 0. The Morgan fingerprint density at radius 1 is 0.935 bits per heavy atom. The van der Waals surface area contributed by atoms with Gasteiger partial charge in [0.25, 0.3) is 5.91 Å². The highest BCUT2D eigenvalue weighted by atomic mass is 16.6. The van der Waals surface area contributed by atoms with Gasteiger partial charge >= 0.3 is 6.09 Å². The van der Waals surface area contributed by atoms with Crippen LogP contribution < -0.4 is 20.1 Å². The summed E-state index contributed by atoms with van der Waals surface area (Å²) in [7, 11) is 1.59. The molecule has 7 nitrogen and oxygen atoms in total. The van der Waals surface area contributed by atoms with Crippen molar-refractivity contribution in [2.24, 2.45) is 0 Å². The standard InChI is InChI=1S/C24H32N2O5/c1-15(2)30-20-13-10-18(14-21(20)29-7)16(3)25-22(27)17-8-11-19(12-9-17)26-23(28)31-24(4,5)6/h8-16H,1-7H3,(H,25,27)(H,26,28). The van der Waals surface area contributed by atoms with Crippen molar-refractivity contribution >= 4 is 17.7 Å². The number of carbonyl (C=O) groups excluding carboxylic acids is 2. The van der Waals surface area contributed by atoms with Gasteiger partial charge in [-0.05, 0) is 83.5 Å². The predicted molar refractivity (Wildman–Crippen MR) is 121 cm³/mol. The molecule has 2 amide bonds. The molecule has 0 heterocycles. The summed E-state index contributed by atoms with van der Waals surface area (Å²) in [6.07, 6.45) is -0.512. The average molecular weight is 429 g/mol. The van der Waals surface area contributed by atoms with Crippen LogP contribution in [0.1, 0.15) is 63.5 Å². The Kier molecular flexibility index (Phi) is 7.91. The van der Waals surface area contributed by atoms with Crippen LogP contribution in [-0.2, 0) is 4.74 Å². The van der Waals surface area contributed by atoms with Crippen molar-refractivity contribution in [2.45, 2.75) is 59.3 Å². The van der Waals surface area contributed by atoms with Gasteiger partial charge in [-0.3, -0.25) is 10.1 Å². The number of methoxy groups -OCH3 is 1. The molecule has 2 rings (SSSR count). The zero-order valence-corrected chi connectivity index (χ0v) is 19.2. The number of anilines is 1. The summed E-state index contributed by atoms with van der Waals surface area (Å²) in [5, 5.41) is 5.61. The Morgan fingerprint density at radius 3 is 2.13 bits per heavy atom. The third kappa shape index (κ3) is 7.51. The first kappa shape index (κ1) is 24.1. The van der Waals surface area contributed by atoms with E-state index in [4.69, 9.17) is 14.2 Å². The van der Waals surface area contributed by atoms with E-state index in [0.29, 0.717) is 22.7 Å². The normalized spacial score (nSPS) is 12.1. The van der Waals surface area contributed by atoms with Crippen molar-refractivity contribution in [3.05, 3.63) is 53.6 Å². The van der Waals surface area contributed by atoms with Crippen LogP contribution in [0.25, 0.3) is 0 Å². The zero-order chi connectivity index (χ0) is 23.2. The molecule has 31 heavy (non-hydrogen) atoms. The Morgan fingerprint density at radius 2 is 1.58 bits per heavy atom. The van der Waals surface area contributed by atoms with Gasteiger partial charge in [0, 0.05) is 11.3 Å². The van der Waals surface area contributed by atoms with Crippen LogP contribution in [0.4, 0.5) is 10.5 Å². The molecule has 7 heteroatoms. The lowest BCUT2D eigenvalue weighted by molar-refractivity contribution is 0.0635. The van der Waals surface area contributed by atoms with Crippen LogP contribution in [0.5, 0.6) is 11.5 Å². The van der Waals surface area contributed by atoms with Gasteiger partial charge in [-0.25, -0.2) is 4.79 Å². The van der Waals surface area contributed by atoms with Crippen LogP contribution in [0, 0.1) is 0 Å². The molecule has 0 aromatic heterocycles. The van der Waals surface area contributed by atoms with Gasteiger partial charge in [-0.1, -0.05) is 6.07 Å². The molecule has 0 aliphatic heterocycles. The number of amides is 2. The second-order valence-corrected chi connectivity index (χ2v) is 8.48. The first-order chi connectivity index (χ1) is 14.5. The minimum atomic E-state index is -0.582. The van der Waals surface area contributed by atoms with Crippen molar-refractivity contribution in [2.75, 3.05) is 12.4 Å². The van der Waals surface area contributed by atoms with Crippen molar-refractivity contribution in [3.63, 3.8) is 0 Å². The molecule has 1 unspecified atom stereocenters. The van der Waals surface area contributed by atoms with Crippen LogP contribution in [0.2, 0.25) is 0 Å². The predicted octanol–water partition coefficient (Wildman–Crippen LogP) is 5.32. The van der Waals surface area contributed by atoms with Gasteiger partial charge in [0.2, 0.25) is 0 Å². The lowest BCUT2D eigenvalue weighted by atomic mass is 10.1. The van der Waals surface area contributed by atoms with E-state index in [1.165, 1.54) is 0 Å². The highest BCUT2D eigenvalue weighted by molar-refractivity contribution is 5.95. The fourth-order valence-electron chi connectivity index (χ4n) is 2.79. The molecule has 168 valence electrons. The van der Waals surface area contributed by atoms with Crippen molar-refractivity contribution in [3.8, 4) is 11.5 Å². The molecule has 2 N–H and O–H groups in total. The van der Waals surface area contributed by atoms with Gasteiger partial charge in [-0.15, -0.1) is 0 Å². The summed E-state index contributed by atoms with van der Waals surface area (Å²) in [5.74, 6) is 1.05. The Bertz CT molecular complexity index is 901. The Labute approximate surface area is 184 Å². The first-order valence-corrected chi connectivity index (χ1v) is 10.2. The molecule has 0 radical (unpaired) electrons. The molecule has 2 aromatic carbocycles. The van der Waals surface area contributed by atoms with Crippen molar-refractivity contribution < 1.29 is 23.8 Å². The maximum absolute atomic E-state index is 12.6. The Balaban J connectivity index is 2.02. The van der Waals surface area contributed by atoms with E-state index < -0.39 is 11.7 Å². The van der Waals surface area contributed by atoms with Crippen molar-refractivity contribution in [1.29, 1.82) is 0 Å². The quantitative estimate of drug-likeness (QED) is 0.623. The van der Waals surface area contributed by atoms with Gasteiger partial charge in [0.05, 0.1) is 19.3 Å². The number of hydrogen-bond acceptors (Lipinski definition) is 5. The fraction of sp³-hybridized carbons (Fsp3) is 0.417. The van der Waals surface area contributed by atoms with Crippen LogP contribution in [-0.4, -0.2) is 30.8 Å². The number of nitrogens with one attached hydrogen (secondary N) is 2. The van der Waals surface area contributed by atoms with E-state index in [1.807, 2.05) is 39.0 Å². The molecule has 1 atom stereocenters. The molecule has 0 fully saturated rings. The third-order valence-electron chi connectivity index (χ3n) is 4.19. The number of carbonyl (C=O) groups is 2. The summed E-state index contributed by atoms with van der Waals surface area (Å²) in [5.41, 5.74) is 1.34. The maximum Gasteiger partial charge on any atom is 0.412 e. The summed E-state index contributed by atoms with van der Waals surface area (Å²) in [6.45, 7) is 11.2. The summed E-state index contributed by atoms with van der Waals surface area (Å²) in [4.78, 5) is 24.5. The van der Waals surface area contributed by atoms with Gasteiger partial charge < -0.3 is 19.5 Å². The first-order valence-electron chi connectivity index (χ1n) is 10.2. The number of ether oxygens (including phenoxy) is 3. The lowest BCUT2D eigenvalue weighted by Crippen LogP contribution is -2.27. The van der Waals surface area contributed by atoms with Gasteiger partial charge in [0.15, 0.2) is 11.5 Å². The molecular formula is C24H32N2O5. The van der Waals surface area contributed by atoms with Crippen molar-refractivity contribution in [1.82, 2.24) is 5.32 Å². The second kappa shape index (κ2) is 10.2. The minimum absolute atomic E-state index is 0.0321. The monoisotopic (exact) mass is 428 g/mol. The van der Waals surface area contributed by atoms with Gasteiger partial charge in [-0.2, -0.15) is 0 Å².